The fourth-order valence-corrected chi connectivity index (χ4v) is 1.57. The van der Waals surface area contributed by atoms with Crippen LogP contribution in [0.4, 0.5) is 0 Å². The Balaban J connectivity index is 3.85. The van der Waals surface area contributed by atoms with Crippen LogP contribution in [0.2, 0.25) is 0 Å². The van der Waals surface area contributed by atoms with E-state index in [9.17, 15) is 10.2 Å². The van der Waals surface area contributed by atoms with Gasteiger partial charge in [0.15, 0.2) is 0 Å². The summed E-state index contributed by atoms with van der Waals surface area (Å²) in [5, 5.41) is 18.9. The molecule has 2 heteroatoms. The molecule has 2 nitrogen and oxygen atoms in total. The summed E-state index contributed by atoms with van der Waals surface area (Å²) in [6.45, 7) is 9.66. The van der Waals surface area contributed by atoms with Gasteiger partial charge < -0.3 is 10.2 Å². The molecule has 2 N–H and O–H groups in total. The Labute approximate surface area is 82.0 Å². The van der Waals surface area contributed by atoms with Crippen molar-refractivity contribution in [2.45, 2.75) is 59.2 Å². The first kappa shape index (κ1) is 12.9. The molecule has 3 atom stereocenters. The molecule has 0 unspecified atom stereocenters. The summed E-state index contributed by atoms with van der Waals surface area (Å²) in [6.07, 6.45) is 1.55. The van der Waals surface area contributed by atoms with Gasteiger partial charge in [0.1, 0.15) is 0 Å². The standard InChI is InChI=1S/C11H24O2/c1-8(7-10(3)12)6-9(2)11(4,5)13/h8-10,12-13H,6-7H2,1-5H3/t8-,9+,10-/m1/s1. The highest BCUT2D eigenvalue weighted by Gasteiger charge is 2.24. The van der Waals surface area contributed by atoms with Crippen LogP contribution in [0.25, 0.3) is 0 Å². The van der Waals surface area contributed by atoms with Crippen molar-refractivity contribution in [3.8, 4) is 0 Å². The van der Waals surface area contributed by atoms with Gasteiger partial charge in [-0.1, -0.05) is 13.8 Å². The second kappa shape index (κ2) is 4.97. The highest BCUT2D eigenvalue weighted by atomic mass is 16.3. The van der Waals surface area contributed by atoms with E-state index < -0.39 is 5.60 Å². The molecule has 0 aromatic heterocycles. The van der Waals surface area contributed by atoms with Gasteiger partial charge in [-0.05, 0) is 45.4 Å². The van der Waals surface area contributed by atoms with Crippen LogP contribution >= 0.6 is 0 Å². The lowest BCUT2D eigenvalue weighted by Gasteiger charge is -2.28. The van der Waals surface area contributed by atoms with E-state index in [1.165, 1.54) is 0 Å². The van der Waals surface area contributed by atoms with Crippen LogP contribution < -0.4 is 0 Å². The number of aliphatic hydroxyl groups excluding tert-OH is 1. The SMILES string of the molecule is C[C@@H](C[C@@H](C)O)C[C@H](C)C(C)(C)O. The number of rotatable bonds is 5. The van der Waals surface area contributed by atoms with Crippen molar-refractivity contribution in [2.24, 2.45) is 11.8 Å². The van der Waals surface area contributed by atoms with Crippen molar-refractivity contribution in [1.82, 2.24) is 0 Å². The predicted octanol–water partition coefficient (Wildman–Crippen LogP) is 2.19. The van der Waals surface area contributed by atoms with Crippen molar-refractivity contribution in [3.05, 3.63) is 0 Å². The first-order valence-corrected chi connectivity index (χ1v) is 5.14. The van der Waals surface area contributed by atoms with Crippen LogP contribution in [0, 0.1) is 11.8 Å². The lowest BCUT2D eigenvalue weighted by molar-refractivity contribution is 0.0121. The van der Waals surface area contributed by atoms with E-state index in [2.05, 4.69) is 13.8 Å². The molecule has 0 aliphatic heterocycles. The van der Waals surface area contributed by atoms with E-state index in [1.807, 2.05) is 20.8 Å². The van der Waals surface area contributed by atoms with Crippen molar-refractivity contribution >= 4 is 0 Å². The second-order valence-electron chi connectivity index (χ2n) is 4.98. The molecule has 0 radical (unpaired) electrons. The van der Waals surface area contributed by atoms with E-state index >= 15 is 0 Å². The molecule has 0 saturated heterocycles. The molecule has 80 valence electrons. The Kier molecular flexibility index (Phi) is 4.93. The summed E-state index contributed by atoms with van der Waals surface area (Å²) in [6, 6.07) is 0. The highest BCUT2D eigenvalue weighted by molar-refractivity contribution is 4.75. The molecule has 0 fully saturated rings. The van der Waals surface area contributed by atoms with Crippen LogP contribution in [0.15, 0.2) is 0 Å². The Morgan fingerprint density at radius 1 is 1.08 bits per heavy atom. The number of hydrogen-bond donors (Lipinski definition) is 2. The summed E-state index contributed by atoms with van der Waals surface area (Å²) in [5.41, 5.74) is -0.604. The average Bonchev–Trinajstić information content (AvgIpc) is 1.82. The Hall–Kier alpha value is -0.0800. The Morgan fingerprint density at radius 3 is 1.85 bits per heavy atom. The topological polar surface area (TPSA) is 40.5 Å². The van der Waals surface area contributed by atoms with Crippen LogP contribution in [0.3, 0.4) is 0 Å². The van der Waals surface area contributed by atoms with Crippen molar-refractivity contribution < 1.29 is 10.2 Å². The molecule has 13 heavy (non-hydrogen) atoms. The van der Waals surface area contributed by atoms with Crippen molar-refractivity contribution in [2.75, 3.05) is 0 Å². The minimum absolute atomic E-state index is 0.232. The number of hydrogen-bond acceptors (Lipinski definition) is 2. The third-order valence-corrected chi connectivity index (χ3v) is 2.71. The van der Waals surface area contributed by atoms with Crippen molar-refractivity contribution in [3.63, 3.8) is 0 Å². The van der Waals surface area contributed by atoms with Gasteiger partial charge in [0, 0.05) is 0 Å². The van der Waals surface area contributed by atoms with E-state index in [-0.39, 0.29) is 12.0 Å². The summed E-state index contributed by atoms with van der Waals surface area (Å²) < 4.78 is 0. The molecule has 0 spiro atoms. The van der Waals surface area contributed by atoms with Crippen LogP contribution in [0.5, 0.6) is 0 Å². The minimum atomic E-state index is -0.604. The zero-order valence-corrected chi connectivity index (χ0v) is 9.54. The maximum absolute atomic E-state index is 9.71. The first-order chi connectivity index (χ1) is 5.73. The maximum Gasteiger partial charge on any atom is 0.0617 e. The Morgan fingerprint density at radius 2 is 1.54 bits per heavy atom. The molecule has 0 heterocycles. The molecular formula is C11H24O2. The predicted molar refractivity (Wildman–Crippen MR) is 55.5 cm³/mol. The normalized spacial score (nSPS) is 19.6. The van der Waals surface area contributed by atoms with Crippen LogP contribution in [0.1, 0.15) is 47.5 Å². The van der Waals surface area contributed by atoms with E-state index in [0.717, 1.165) is 12.8 Å². The van der Waals surface area contributed by atoms with Crippen molar-refractivity contribution in [1.29, 1.82) is 0 Å². The fourth-order valence-electron chi connectivity index (χ4n) is 1.57. The molecule has 0 aromatic carbocycles. The lowest BCUT2D eigenvalue weighted by atomic mass is 9.83. The molecule has 0 bridgehead atoms. The molecule has 0 saturated carbocycles. The first-order valence-electron chi connectivity index (χ1n) is 5.14. The third-order valence-electron chi connectivity index (χ3n) is 2.71. The fraction of sp³-hybridized carbons (Fsp3) is 1.00. The summed E-state index contributed by atoms with van der Waals surface area (Å²) in [4.78, 5) is 0. The molecular weight excluding hydrogens is 164 g/mol. The number of aliphatic hydroxyl groups is 2. The zero-order valence-electron chi connectivity index (χ0n) is 9.54. The Bertz CT molecular complexity index is 136. The van der Waals surface area contributed by atoms with Gasteiger partial charge in [0.25, 0.3) is 0 Å². The van der Waals surface area contributed by atoms with Gasteiger partial charge in [-0.3, -0.25) is 0 Å². The molecule has 0 rings (SSSR count). The largest absolute Gasteiger partial charge is 0.393 e. The monoisotopic (exact) mass is 188 g/mol. The van der Waals surface area contributed by atoms with Gasteiger partial charge in [-0.2, -0.15) is 0 Å². The molecule has 0 aromatic rings. The third kappa shape index (κ3) is 6.05. The summed E-state index contributed by atoms with van der Waals surface area (Å²) in [7, 11) is 0. The zero-order chi connectivity index (χ0) is 10.6. The van der Waals surface area contributed by atoms with Crippen LogP contribution in [-0.2, 0) is 0 Å². The summed E-state index contributed by atoms with van der Waals surface area (Å²) in [5.74, 6) is 0.752. The average molecular weight is 188 g/mol. The molecule has 0 aliphatic rings. The van der Waals surface area contributed by atoms with Gasteiger partial charge in [-0.25, -0.2) is 0 Å². The maximum atomic E-state index is 9.71. The highest BCUT2D eigenvalue weighted by Crippen LogP contribution is 2.25. The van der Waals surface area contributed by atoms with E-state index in [1.54, 1.807) is 0 Å². The lowest BCUT2D eigenvalue weighted by Crippen LogP contribution is -2.30. The summed E-state index contributed by atoms with van der Waals surface area (Å²) >= 11 is 0. The van der Waals surface area contributed by atoms with E-state index in [4.69, 9.17) is 0 Å². The second-order valence-corrected chi connectivity index (χ2v) is 4.98. The quantitative estimate of drug-likeness (QED) is 0.694. The molecule has 0 amide bonds. The van der Waals surface area contributed by atoms with Crippen LogP contribution in [-0.4, -0.2) is 21.9 Å². The van der Waals surface area contributed by atoms with Gasteiger partial charge >= 0.3 is 0 Å². The minimum Gasteiger partial charge on any atom is -0.393 e. The smallest absolute Gasteiger partial charge is 0.0617 e. The van der Waals surface area contributed by atoms with E-state index in [0.29, 0.717) is 5.92 Å². The van der Waals surface area contributed by atoms with Gasteiger partial charge in [0.2, 0.25) is 0 Å². The van der Waals surface area contributed by atoms with Gasteiger partial charge in [0.05, 0.1) is 11.7 Å². The van der Waals surface area contributed by atoms with Gasteiger partial charge in [-0.15, -0.1) is 0 Å². The molecule has 0 aliphatic carbocycles.